The Labute approximate surface area is 360 Å². The lowest BCUT2D eigenvalue weighted by Crippen LogP contribution is -2.56. The molecule has 7 rings (SSSR count). The third-order valence-electron chi connectivity index (χ3n) is 10.2. The first-order chi connectivity index (χ1) is 30.5. The number of benzene rings is 6. The molecule has 6 N–H and O–H groups in total. The summed E-state index contributed by atoms with van der Waals surface area (Å²) in [6, 6.07) is 43.9. The first-order valence-electron chi connectivity index (χ1n) is 19.8. The van der Waals surface area contributed by atoms with Gasteiger partial charge in [-0.2, -0.15) is 0 Å². The van der Waals surface area contributed by atoms with Gasteiger partial charge in [-0.1, -0.05) is 127 Å². The van der Waals surface area contributed by atoms with Gasteiger partial charge < -0.3 is 31.4 Å². The number of esters is 3. The van der Waals surface area contributed by atoms with Crippen LogP contribution in [0.2, 0.25) is 0 Å². The minimum atomic E-state index is -1.28. The summed E-state index contributed by atoms with van der Waals surface area (Å²) < 4.78 is 20.2. The second-order valence-corrected chi connectivity index (χ2v) is 14.4. The third-order valence-corrected chi connectivity index (χ3v) is 10.2. The molecule has 15 heteroatoms. The van der Waals surface area contributed by atoms with E-state index >= 15 is 0 Å². The number of anilines is 3. The van der Waals surface area contributed by atoms with Gasteiger partial charge in [-0.25, -0.2) is 42.5 Å². The Kier molecular flexibility index (Phi) is 13.1. The highest BCUT2D eigenvalue weighted by Crippen LogP contribution is 2.26. The van der Waals surface area contributed by atoms with Crippen LogP contribution in [0.15, 0.2) is 178 Å². The quantitative estimate of drug-likeness (QED) is 0.0641. The maximum Gasteiger partial charge on any atom is 0.340 e. The molecule has 0 saturated carbocycles. The highest BCUT2D eigenvalue weighted by molar-refractivity contribution is 5.96. The largest absolute Gasteiger partial charge is 0.452 e. The summed E-state index contributed by atoms with van der Waals surface area (Å²) in [4.78, 5) is 85.2. The Morgan fingerprint density at radius 1 is 0.365 bits per heavy atom. The van der Waals surface area contributed by atoms with E-state index in [1.54, 1.807) is 127 Å². The van der Waals surface area contributed by atoms with Crippen molar-refractivity contribution in [2.75, 3.05) is 17.2 Å². The van der Waals surface area contributed by atoms with Crippen LogP contribution in [0.3, 0.4) is 0 Å². The highest BCUT2D eigenvalue weighted by atomic mass is 16.6. The molecule has 63 heavy (non-hydrogen) atoms. The zero-order valence-corrected chi connectivity index (χ0v) is 33.7. The third kappa shape index (κ3) is 9.79. The van der Waals surface area contributed by atoms with E-state index in [9.17, 15) is 28.8 Å². The van der Waals surface area contributed by atoms with Crippen molar-refractivity contribution in [2.24, 2.45) is 0 Å². The van der Waals surface area contributed by atoms with Crippen LogP contribution >= 0.6 is 0 Å². The average Bonchev–Trinajstić information content (AvgIpc) is 3.30. The maximum atomic E-state index is 14.8. The number of nitrogens with two attached hydrogens (primary N) is 3. The zero-order valence-electron chi connectivity index (χ0n) is 33.7. The van der Waals surface area contributed by atoms with E-state index in [1.165, 1.54) is 36.4 Å². The van der Waals surface area contributed by atoms with Crippen molar-refractivity contribution in [2.45, 2.75) is 37.9 Å². The Balaban J connectivity index is 1.38. The van der Waals surface area contributed by atoms with Gasteiger partial charge in [-0.3, -0.25) is 0 Å². The van der Waals surface area contributed by atoms with E-state index in [4.69, 9.17) is 31.4 Å². The number of hydrogen-bond acceptors (Lipinski definition) is 12. The van der Waals surface area contributed by atoms with Gasteiger partial charge >= 0.3 is 35.0 Å². The van der Waals surface area contributed by atoms with Crippen LogP contribution < -0.4 is 34.3 Å². The minimum absolute atomic E-state index is 0.0475. The summed E-state index contributed by atoms with van der Waals surface area (Å²) in [5.41, 5.74) is 16.8. The maximum absolute atomic E-state index is 14.8. The number of rotatable bonds is 15. The highest BCUT2D eigenvalue weighted by Gasteiger charge is 2.29. The second-order valence-electron chi connectivity index (χ2n) is 14.4. The zero-order chi connectivity index (χ0) is 44.5. The van der Waals surface area contributed by atoms with Crippen LogP contribution in [0.4, 0.5) is 17.1 Å². The lowest BCUT2D eigenvalue weighted by Gasteiger charge is -2.24. The van der Waals surface area contributed by atoms with Crippen LogP contribution in [-0.4, -0.2) is 31.6 Å². The molecule has 1 heterocycles. The number of carbonyl (C=O) groups is 3. The molecular weight excluding hydrogens is 805 g/mol. The van der Waals surface area contributed by atoms with Crippen molar-refractivity contribution in [3.05, 3.63) is 229 Å². The van der Waals surface area contributed by atoms with E-state index in [0.29, 0.717) is 16.7 Å². The van der Waals surface area contributed by atoms with E-state index in [-0.39, 0.29) is 33.8 Å². The van der Waals surface area contributed by atoms with E-state index in [0.717, 1.165) is 13.7 Å². The molecule has 0 bridgehead atoms. The van der Waals surface area contributed by atoms with Crippen molar-refractivity contribution >= 4 is 35.0 Å². The smallest absolute Gasteiger partial charge is 0.340 e. The fourth-order valence-electron chi connectivity index (χ4n) is 6.91. The van der Waals surface area contributed by atoms with Crippen LogP contribution in [0, 0.1) is 0 Å². The normalized spacial score (nSPS) is 12.4. The molecule has 6 aromatic carbocycles. The first kappa shape index (κ1) is 42.7. The van der Waals surface area contributed by atoms with Crippen LogP contribution in [0.5, 0.6) is 0 Å². The van der Waals surface area contributed by atoms with Gasteiger partial charge in [0, 0.05) is 17.1 Å². The van der Waals surface area contributed by atoms with Crippen LogP contribution in [0.25, 0.3) is 0 Å². The van der Waals surface area contributed by atoms with Gasteiger partial charge in [0.15, 0.2) is 0 Å². The van der Waals surface area contributed by atoms with E-state index in [2.05, 4.69) is 0 Å². The standard InChI is InChI=1S/C48H42N6O9/c49-37-25-13-10-22-34(37)43(55)61-40(31-16-4-1-5-17-31)28-52-46(58)53(29-41(32-18-6-2-7-19-32)62-44(56)35-23-11-14-26-38(35)50)48(60)54(47(52)59)30-42(33-20-8-3-9-21-33)63-45(57)36-24-12-15-27-39(36)51/h1-27,40-42H,28-30,49-51H2. The average molecular weight is 847 g/mol. The molecule has 0 radical (unpaired) electrons. The van der Waals surface area contributed by atoms with Gasteiger partial charge in [0.05, 0.1) is 36.3 Å². The molecule has 0 spiro atoms. The minimum Gasteiger partial charge on any atom is -0.452 e. The monoisotopic (exact) mass is 846 g/mol. The Morgan fingerprint density at radius 3 is 0.825 bits per heavy atom. The number of ether oxygens (including phenoxy) is 3. The topological polar surface area (TPSA) is 223 Å². The van der Waals surface area contributed by atoms with Crippen molar-refractivity contribution in [1.82, 2.24) is 13.7 Å². The molecule has 0 aliphatic heterocycles. The number of aromatic nitrogens is 3. The van der Waals surface area contributed by atoms with E-state index in [1.807, 2.05) is 0 Å². The molecule has 318 valence electrons. The Bertz CT molecular complexity index is 2590. The van der Waals surface area contributed by atoms with Gasteiger partial charge in [-0.15, -0.1) is 0 Å². The second kappa shape index (κ2) is 19.3. The van der Waals surface area contributed by atoms with Crippen molar-refractivity contribution in [1.29, 1.82) is 0 Å². The molecule has 0 aliphatic carbocycles. The van der Waals surface area contributed by atoms with Gasteiger partial charge in [0.1, 0.15) is 18.3 Å². The molecule has 0 amide bonds. The molecule has 3 atom stereocenters. The fourth-order valence-corrected chi connectivity index (χ4v) is 6.91. The van der Waals surface area contributed by atoms with Crippen molar-refractivity contribution < 1.29 is 28.6 Å². The van der Waals surface area contributed by atoms with Crippen LogP contribution in [-0.2, 0) is 33.8 Å². The Morgan fingerprint density at radius 2 is 0.587 bits per heavy atom. The summed E-state index contributed by atoms with van der Waals surface area (Å²) in [6.45, 7) is -1.77. The SMILES string of the molecule is Nc1ccccc1C(=O)OC(Cn1c(=O)n(CC(OC(=O)c2ccccc2N)c2ccccc2)c(=O)n(CC(OC(=O)c2ccccc2N)c2ccccc2)c1=O)c1ccccc1. The fraction of sp³-hybridized carbons (Fsp3) is 0.125. The lowest BCUT2D eigenvalue weighted by molar-refractivity contribution is 0.0221. The Hall–Kier alpha value is -8.46. The van der Waals surface area contributed by atoms with Crippen LogP contribution in [0.1, 0.15) is 66.1 Å². The number of nitrogen functional groups attached to an aromatic ring is 3. The molecule has 1 aromatic heterocycles. The molecule has 0 fully saturated rings. The van der Waals surface area contributed by atoms with Gasteiger partial charge in [0.2, 0.25) is 0 Å². The summed E-state index contributed by atoms with van der Waals surface area (Å²) >= 11 is 0. The molecule has 15 nitrogen and oxygen atoms in total. The van der Waals surface area contributed by atoms with Crippen molar-refractivity contribution in [3.8, 4) is 0 Å². The summed E-state index contributed by atoms with van der Waals surface area (Å²) in [7, 11) is 0. The van der Waals surface area contributed by atoms with Gasteiger partial charge in [0.25, 0.3) is 0 Å². The van der Waals surface area contributed by atoms with Gasteiger partial charge in [-0.05, 0) is 53.1 Å². The predicted octanol–water partition coefficient (Wildman–Crippen LogP) is 5.71. The molecule has 3 unspecified atom stereocenters. The first-order valence-corrected chi connectivity index (χ1v) is 19.8. The van der Waals surface area contributed by atoms with E-state index < -0.39 is 72.9 Å². The molecular formula is C48H42N6O9. The molecule has 7 aromatic rings. The molecule has 0 aliphatic rings. The lowest BCUT2D eigenvalue weighted by atomic mass is 10.1. The number of para-hydroxylation sites is 3. The summed E-state index contributed by atoms with van der Waals surface area (Å²) in [5, 5.41) is 0. The summed E-state index contributed by atoms with van der Waals surface area (Å²) in [5.74, 6) is -2.51. The number of nitrogens with zero attached hydrogens (tertiary/aromatic N) is 3. The number of hydrogen-bond donors (Lipinski definition) is 3. The summed E-state index contributed by atoms with van der Waals surface area (Å²) in [6.07, 6.45) is -3.85. The predicted molar refractivity (Wildman–Crippen MR) is 236 cm³/mol. The molecule has 0 saturated heterocycles. The number of carbonyl (C=O) groups excluding carboxylic acids is 3. The van der Waals surface area contributed by atoms with Crippen molar-refractivity contribution in [3.63, 3.8) is 0 Å².